The second-order valence-electron chi connectivity index (χ2n) is 4.79. The zero-order chi connectivity index (χ0) is 14.8. The molecule has 5 heteroatoms. The van der Waals surface area contributed by atoms with Gasteiger partial charge in [0, 0.05) is 6.07 Å². The van der Waals surface area contributed by atoms with Crippen LogP contribution in [0.5, 0.6) is 0 Å². The predicted octanol–water partition coefficient (Wildman–Crippen LogP) is 2.27. The first kappa shape index (κ1) is 13.5. The normalized spacial score (nSPS) is 12.5. The summed E-state index contributed by atoms with van der Waals surface area (Å²) in [6, 6.07) is 12.9. The molecule has 3 aromatic rings. The molecule has 3 rings (SSSR count). The molecule has 21 heavy (non-hydrogen) atoms. The van der Waals surface area contributed by atoms with Gasteiger partial charge in [0.1, 0.15) is 5.82 Å². The number of aliphatic hydroxyl groups excluding tert-OH is 1. The average molecular weight is 284 g/mol. The monoisotopic (exact) mass is 284 g/mol. The number of aliphatic hydroxyl groups is 1. The largest absolute Gasteiger partial charge is 0.387 e. The van der Waals surface area contributed by atoms with Crippen molar-refractivity contribution in [1.29, 1.82) is 0 Å². The van der Waals surface area contributed by atoms with Gasteiger partial charge in [0.25, 0.3) is 5.56 Å². The van der Waals surface area contributed by atoms with Gasteiger partial charge in [-0.25, -0.2) is 9.37 Å². The van der Waals surface area contributed by atoms with Crippen LogP contribution in [0.15, 0.2) is 59.7 Å². The minimum Gasteiger partial charge on any atom is -0.387 e. The summed E-state index contributed by atoms with van der Waals surface area (Å²) in [6.45, 7) is 0.100. The second-order valence-corrected chi connectivity index (χ2v) is 4.79. The van der Waals surface area contributed by atoms with E-state index in [0.717, 1.165) is 5.56 Å². The maximum absolute atomic E-state index is 13.1. The van der Waals surface area contributed by atoms with E-state index in [2.05, 4.69) is 4.98 Å². The summed E-state index contributed by atoms with van der Waals surface area (Å²) in [5, 5.41) is 10.5. The Hall–Kier alpha value is -2.53. The summed E-state index contributed by atoms with van der Waals surface area (Å²) >= 11 is 0. The molecule has 4 nitrogen and oxygen atoms in total. The van der Waals surface area contributed by atoms with E-state index in [0.29, 0.717) is 10.9 Å². The lowest BCUT2D eigenvalue weighted by Crippen LogP contribution is -2.23. The zero-order valence-electron chi connectivity index (χ0n) is 11.1. The van der Waals surface area contributed by atoms with Crippen molar-refractivity contribution in [3.63, 3.8) is 0 Å². The SMILES string of the molecule is O=c1c2ccc(F)cc2ncn1C[C@H](O)c1ccccc1. The Morgan fingerprint density at radius 1 is 1.19 bits per heavy atom. The summed E-state index contributed by atoms with van der Waals surface area (Å²) in [4.78, 5) is 16.4. The molecule has 0 aliphatic rings. The van der Waals surface area contributed by atoms with Crippen molar-refractivity contribution in [3.05, 3.63) is 76.6 Å². The van der Waals surface area contributed by atoms with Crippen molar-refractivity contribution in [2.75, 3.05) is 0 Å². The number of benzene rings is 2. The van der Waals surface area contributed by atoms with Crippen molar-refractivity contribution in [2.45, 2.75) is 12.6 Å². The van der Waals surface area contributed by atoms with Crippen molar-refractivity contribution in [2.24, 2.45) is 0 Å². The molecular formula is C16H13FN2O2. The van der Waals surface area contributed by atoms with Gasteiger partial charge in [-0.3, -0.25) is 9.36 Å². The van der Waals surface area contributed by atoms with E-state index in [1.807, 2.05) is 18.2 Å². The van der Waals surface area contributed by atoms with E-state index in [-0.39, 0.29) is 12.1 Å². The summed E-state index contributed by atoms with van der Waals surface area (Å²) in [7, 11) is 0. The van der Waals surface area contributed by atoms with Crippen LogP contribution in [0.1, 0.15) is 11.7 Å². The van der Waals surface area contributed by atoms with Crippen LogP contribution < -0.4 is 5.56 Å². The van der Waals surface area contributed by atoms with Gasteiger partial charge >= 0.3 is 0 Å². The molecule has 0 aliphatic carbocycles. The van der Waals surface area contributed by atoms with Gasteiger partial charge in [0.2, 0.25) is 0 Å². The Kier molecular flexibility index (Phi) is 3.50. The fraction of sp³-hybridized carbons (Fsp3) is 0.125. The van der Waals surface area contributed by atoms with Gasteiger partial charge in [0.15, 0.2) is 0 Å². The Bertz CT molecular complexity index is 831. The number of hydrogen-bond donors (Lipinski definition) is 1. The lowest BCUT2D eigenvalue weighted by molar-refractivity contribution is 0.155. The number of fused-ring (bicyclic) bond motifs is 1. The summed E-state index contributed by atoms with van der Waals surface area (Å²) in [5.74, 6) is -0.434. The standard InChI is InChI=1S/C16H13FN2O2/c17-12-6-7-13-14(8-12)18-10-19(16(13)21)9-15(20)11-4-2-1-3-5-11/h1-8,10,15,20H,9H2/t15-/m0/s1. The third kappa shape index (κ3) is 2.68. The molecular weight excluding hydrogens is 271 g/mol. The lowest BCUT2D eigenvalue weighted by atomic mass is 10.1. The second kappa shape index (κ2) is 5.46. The first-order chi connectivity index (χ1) is 10.1. The summed E-state index contributed by atoms with van der Waals surface area (Å²) in [5.41, 5.74) is 0.740. The molecule has 2 aromatic carbocycles. The number of halogens is 1. The van der Waals surface area contributed by atoms with Gasteiger partial charge in [0.05, 0.1) is 29.9 Å². The highest BCUT2D eigenvalue weighted by Crippen LogP contribution is 2.14. The molecule has 1 heterocycles. The first-order valence-electron chi connectivity index (χ1n) is 6.53. The van der Waals surface area contributed by atoms with Gasteiger partial charge in [-0.15, -0.1) is 0 Å². The molecule has 0 aliphatic heterocycles. The molecule has 0 bridgehead atoms. The molecule has 0 saturated carbocycles. The zero-order valence-corrected chi connectivity index (χ0v) is 11.1. The van der Waals surface area contributed by atoms with Crippen molar-refractivity contribution >= 4 is 10.9 Å². The fourth-order valence-corrected chi connectivity index (χ4v) is 2.23. The smallest absolute Gasteiger partial charge is 0.261 e. The van der Waals surface area contributed by atoms with E-state index in [4.69, 9.17) is 0 Å². The highest BCUT2D eigenvalue weighted by atomic mass is 19.1. The number of rotatable bonds is 3. The fourth-order valence-electron chi connectivity index (χ4n) is 2.23. The van der Waals surface area contributed by atoms with Crippen LogP contribution in [-0.2, 0) is 6.54 Å². The topological polar surface area (TPSA) is 55.1 Å². The van der Waals surface area contributed by atoms with Crippen LogP contribution in [0.2, 0.25) is 0 Å². The van der Waals surface area contributed by atoms with Crippen LogP contribution in [0.3, 0.4) is 0 Å². The maximum Gasteiger partial charge on any atom is 0.261 e. The highest BCUT2D eigenvalue weighted by molar-refractivity contribution is 5.77. The van der Waals surface area contributed by atoms with Crippen LogP contribution >= 0.6 is 0 Å². The average Bonchev–Trinajstić information content (AvgIpc) is 2.51. The molecule has 0 unspecified atom stereocenters. The van der Waals surface area contributed by atoms with Crippen molar-refractivity contribution < 1.29 is 9.50 Å². The summed E-state index contributed by atoms with van der Waals surface area (Å²) in [6.07, 6.45) is 0.527. The van der Waals surface area contributed by atoms with Crippen LogP contribution in [0.4, 0.5) is 4.39 Å². The third-order valence-corrected chi connectivity index (χ3v) is 3.34. The van der Waals surface area contributed by atoms with Crippen molar-refractivity contribution in [3.8, 4) is 0 Å². The van der Waals surface area contributed by atoms with E-state index < -0.39 is 11.9 Å². The van der Waals surface area contributed by atoms with Gasteiger partial charge in [-0.1, -0.05) is 30.3 Å². The van der Waals surface area contributed by atoms with E-state index in [1.165, 1.54) is 29.1 Å². The van der Waals surface area contributed by atoms with Gasteiger partial charge < -0.3 is 5.11 Å². The molecule has 1 aromatic heterocycles. The van der Waals surface area contributed by atoms with Crippen LogP contribution in [-0.4, -0.2) is 14.7 Å². The van der Waals surface area contributed by atoms with E-state index in [9.17, 15) is 14.3 Å². The van der Waals surface area contributed by atoms with E-state index in [1.54, 1.807) is 12.1 Å². The molecule has 1 atom stereocenters. The Balaban J connectivity index is 1.96. The molecule has 1 N–H and O–H groups in total. The minimum absolute atomic E-state index is 0.100. The Morgan fingerprint density at radius 2 is 1.95 bits per heavy atom. The molecule has 0 spiro atoms. The third-order valence-electron chi connectivity index (χ3n) is 3.34. The maximum atomic E-state index is 13.1. The van der Waals surface area contributed by atoms with Crippen LogP contribution in [0.25, 0.3) is 10.9 Å². The van der Waals surface area contributed by atoms with E-state index >= 15 is 0 Å². The minimum atomic E-state index is -0.802. The van der Waals surface area contributed by atoms with Gasteiger partial charge in [-0.2, -0.15) is 0 Å². The molecule has 0 fully saturated rings. The molecule has 0 saturated heterocycles. The quantitative estimate of drug-likeness (QED) is 0.802. The molecule has 0 radical (unpaired) electrons. The lowest BCUT2D eigenvalue weighted by Gasteiger charge is -2.13. The number of hydrogen-bond acceptors (Lipinski definition) is 3. The first-order valence-corrected chi connectivity index (χ1v) is 6.53. The van der Waals surface area contributed by atoms with Crippen LogP contribution in [0, 0.1) is 5.82 Å². The van der Waals surface area contributed by atoms with Crippen molar-refractivity contribution in [1.82, 2.24) is 9.55 Å². The molecule has 0 amide bonds. The van der Waals surface area contributed by atoms with Gasteiger partial charge in [-0.05, 0) is 17.7 Å². The summed E-state index contributed by atoms with van der Waals surface area (Å²) < 4.78 is 14.4. The Labute approximate surface area is 120 Å². The number of aromatic nitrogens is 2. The highest BCUT2D eigenvalue weighted by Gasteiger charge is 2.11. The Morgan fingerprint density at radius 3 is 2.71 bits per heavy atom. The molecule has 106 valence electrons. The predicted molar refractivity (Wildman–Crippen MR) is 77.4 cm³/mol. The number of nitrogens with zero attached hydrogens (tertiary/aromatic N) is 2.